The monoisotopic (exact) mass is 336 g/mol. The lowest BCUT2D eigenvalue weighted by atomic mass is 10.1. The largest absolute Gasteiger partial charge is 0.210 e. The van der Waals surface area contributed by atoms with E-state index in [9.17, 15) is 0 Å². The molecule has 0 saturated heterocycles. The predicted molar refractivity (Wildman–Crippen MR) is 105 cm³/mol. The maximum atomic E-state index is 2.14. The highest BCUT2D eigenvalue weighted by atomic mass is 14.9. The third kappa shape index (κ3) is 3.76. The number of benzene rings is 2. The van der Waals surface area contributed by atoms with E-state index in [2.05, 4.69) is 94.6 Å². The molecule has 2 nitrogen and oxygen atoms in total. The Bertz CT molecular complexity index is 903. The van der Waals surface area contributed by atoms with Crippen molar-refractivity contribution in [1.82, 2.24) is 0 Å². The van der Waals surface area contributed by atoms with Gasteiger partial charge < -0.3 is 0 Å². The Kier molecular flexibility index (Phi) is 4.66. The minimum absolute atomic E-state index is 1.16. The first-order valence-electron chi connectivity index (χ1n) is 8.70. The second kappa shape index (κ2) is 7.58. The van der Waals surface area contributed by atoms with Crippen LogP contribution >= 0.6 is 0 Å². The van der Waals surface area contributed by atoms with Crippen LogP contribution < -0.4 is 9.13 Å². The molecule has 2 heterocycles. The smallest absolute Gasteiger partial charge is 0.167 e. The Morgan fingerprint density at radius 2 is 0.769 bits per heavy atom. The molecule has 26 heavy (non-hydrogen) atoms. The van der Waals surface area contributed by atoms with Gasteiger partial charge in [0, 0.05) is 48.5 Å². The molecule has 124 valence electrons. The van der Waals surface area contributed by atoms with E-state index in [0.717, 1.165) is 11.4 Å². The lowest BCUT2D eigenvalue weighted by Gasteiger charge is -1.98. The van der Waals surface area contributed by atoms with Gasteiger partial charge in [-0.15, -0.1) is 0 Å². The summed E-state index contributed by atoms with van der Waals surface area (Å²) in [5.74, 6) is 0. The van der Waals surface area contributed by atoms with Crippen molar-refractivity contribution in [2.24, 2.45) is 0 Å². The first-order valence-corrected chi connectivity index (χ1v) is 8.70. The number of hydrogen-bond donors (Lipinski definition) is 0. The molecule has 0 unspecified atom stereocenters. The first-order chi connectivity index (χ1) is 12.9. The second-order valence-electron chi connectivity index (χ2n) is 6.08. The van der Waals surface area contributed by atoms with Gasteiger partial charge in [-0.25, -0.2) is 0 Å². The summed E-state index contributed by atoms with van der Waals surface area (Å²) in [6, 6.07) is 29.3. The van der Waals surface area contributed by atoms with E-state index in [1.807, 2.05) is 36.4 Å². The van der Waals surface area contributed by atoms with Crippen molar-refractivity contribution >= 4 is 12.2 Å². The summed E-state index contributed by atoms with van der Waals surface area (Å²) >= 11 is 0. The van der Waals surface area contributed by atoms with Gasteiger partial charge in [0.1, 0.15) is 0 Å². The molecule has 0 radical (unpaired) electrons. The van der Waals surface area contributed by atoms with Crippen LogP contribution in [0.2, 0.25) is 0 Å². The van der Waals surface area contributed by atoms with E-state index in [4.69, 9.17) is 0 Å². The summed E-state index contributed by atoms with van der Waals surface area (Å²) in [4.78, 5) is 0. The molecule has 0 spiro atoms. The van der Waals surface area contributed by atoms with Crippen LogP contribution in [-0.4, -0.2) is 0 Å². The Hall–Kier alpha value is -3.52. The summed E-state index contributed by atoms with van der Waals surface area (Å²) in [6.45, 7) is 0. The number of pyridine rings is 2. The molecular weight excluding hydrogens is 316 g/mol. The zero-order chi connectivity index (χ0) is 17.6. The summed E-state index contributed by atoms with van der Waals surface area (Å²) < 4.78 is 4.21. The van der Waals surface area contributed by atoms with E-state index < -0.39 is 0 Å². The third-order valence-corrected chi connectivity index (χ3v) is 4.28. The number of rotatable bonds is 4. The molecule has 0 aliphatic rings. The van der Waals surface area contributed by atoms with Crippen LogP contribution in [0.15, 0.2) is 110 Å². The highest BCUT2D eigenvalue weighted by Crippen LogP contribution is 2.11. The normalized spacial score (nSPS) is 10.9. The molecule has 0 aliphatic heterocycles. The van der Waals surface area contributed by atoms with Crippen LogP contribution in [0.4, 0.5) is 0 Å². The van der Waals surface area contributed by atoms with Gasteiger partial charge in [0.05, 0.1) is 0 Å². The van der Waals surface area contributed by atoms with Crippen molar-refractivity contribution in [2.45, 2.75) is 0 Å². The fraction of sp³-hybridized carbons (Fsp3) is 0. The molecule has 0 atom stereocenters. The highest BCUT2D eigenvalue weighted by molar-refractivity contribution is 5.70. The average Bonchev–Trinajstić information content (AvgIpc) is 2.74. The third-order valence-electron chi connectivity index (χ3n) is 4.28. The highest BCUT2D eigenvalue weighted by Gasteiger charge is 2.04. The molecule has 0 saturated carbocycles. The quantitative estimate of drug-likeness (QED) is 0.385. The number of nitrogens with zero attached hydrogens (tertiary/aromatic N) is 2. The van der Waals surface area contributed by atoms with Gasteiger partial charge in [-0.05, 0) is 35.4 Å². The number of aromatic nitrogens is 2. The van der Waals surface area contributed by atoms with Crippen molar-refractivity contribution in [1.29, 1.82) is 0 Å². The average molecular weight is 336 g/mol. The molecule has 0 amide bonds. The standard InChI is InChI=1S/C24H20N2/c1-3-17-25(18-4-1)23-13-9-21(10-14-23)7-8-22-11-15-24(16-12-22)26-19-5-2-6-20-26/h1-20H/q+2. The van der Waals surface area contributed by atoms with Crippen LogP contribution in [0, 0.1) is 0 Å². The Labute approximate surface area is 154 Å². The molecule has 4 aromatic rings. The molecule has 0 bridgehead atoms. The predicted octanol–water partition coefficient (Wildman–Crippen LogP) is 4.41. The minimum Gasteiger partial charge on any atom is -0.167 e. The van der Waals surface area contributed by atoms with E-state index in [0.29, 0.717) is 0 Å². The Balaban J connectivity index is 1.48. The lowest BCUT2D eigenvalue weighted by Crippen LogP contribution is -2.28. The minimum atomic E-state index is 1.16. The fourth-order valence-corrected chi connectivity index (χ4v) is 2.85. The van der Waals surface area contributed by atoms with Gasteiger partial charge in [-0.3, -0.25) is 0 Å². The number of hydrogen-bond acceptors (Lipinski definition) is 0. The second-order valence-corrected chi connectivity index (χ2v) is 6.08. The lowest BCUT2D eigenvalue weighted by molar-refractivity contribution is -0.596. The van der Waals surface area contributed by atoms with E-state index in [-0.39, 0.29) is 0 Å². The zero-order valence-corrected chi connectivity index (χ0v) is 14.4. The molecule has 0 fully saturated rings. The van der Waals surface area contributed by atoms with Crippen molar-refractivity contribution in [2.75, 3.05) is 0 Å². The summed E-state index contributed by atoms with van der Waals surface area (Å²) in [5, 5.41) is 0. The summed E-state index contributed by atoms with van der Waals surface area (Å²) in [6.07, 6.45) is 12.5. The van der Waals surface area contributed by atoms with Gasteiger partial charge in [0.2, 0.25) is 11.4 Å². The zero-order valence-electron chi connectivity index (χ0n) is 14.4. The van der Waals surface area contributed by atoms with E-state index in [1.54, 1.807) is 0 Å². The van der Waals surface area contributed by atoms with Gasteiger partial charge >= 0.3 is 0 Å². The Morgan fingerprint density at radius 3 is 1.12 bits per heavy atom. The SMILES string of the molecule is C(=Cc1ccc(-[n+]2ccccc2)cc1)c1ccc(-[n+]2ccccc2)cc1. The van der Waals surface area contributed by atoms with Crippen LogP contribution in [0.3, 0.4) is 0 Å². The molecular formula is C24H20N2+2. The summed E-state index contributed by atoms with van der Waals surface area (Å²) in [5.41, 5.74) is 4.69. The molecule has 2 aromatic carbocycles. The van der Waals surface area contributed by atoms with E-state index >= 15 is 0 Å². The van der Waals surface area contributed by atoms with Crippen molar-refractivity contribution in [3.8, 4) is 11.4 Å². The van der Waals surface area contributed by atoms with Crippen molar-refractivity contribution < 1.29 is 9.13 Å². The van der Waals surface area contributed by atoms with Crippen molar-refractivity contribution in [3.63, 3.8) is 0 Å². The van der Waals surface area contributed by atoms with Crippen LogP contribution in [0.5, 0.6) is 0 Å². The molecule has 2 aromatic heterocycles. The molecule has 2 heteroatoms. The molecule has 0 N–H and O–H groups in total. The van der Waals surface area contributed by atoms with Gasteiger partial charge in [0.25, 0.3) is 0 Å². The van der Waals surface area contributed by atoms with Crippen LogP contribution in [-0.2, 0) is 0 Å². The van der Waals surface area contributed by atoms with Gasteiger partial charge in [-0.2, -0.15) is 9.13 Å². The van der Waals surface area contributed by atoms with Crippen LogP contribution in [0.25, 0.3) is 23.5 Å². The van der Waals surface area contributed by atoms with Crippen molar-refractivity contribution in [3.05, 3.63) is 121 Å². The maximum Gasteiger partial charge on any atom is 0.210 e. The molecule has 0 aliphatic carbocycles. The van der Waals surface area contributed by atoms with Gasteiger partial charge in [0.15, 0.2) is 24.8 Å². The Morgan fingerprint density at radius 1 is 0.423 bits per heavy atom. The first kappa shape index (κ1) is 16.0. The van der Waals surface area contributed by atoms with Gasteiger partial charge in [-0.1, -0.05) is 24.3 Å². The van der Waals surface area contributed by atoms with E-state index in [1.165, 1.54) is 11.1 Å². The summed E-state index contributed by atoms with van der Waals surface area (Å²) in [7, 11) is 0. The fourth-order valence-electron chi connectivity index (χ4n) is 2.85. The van der Waals surface area contributed by atoms with Crippen LogP contribution in [0.1, 0.15) is 11.1 Å². The topological polar surface area (TPSA) is 7.76 Å². The maximum absolute atomic E-state index is 2.14. The molecule has 4 rings (SSSR count).